The maximum absolute atomic E-state index is 11.6. The van der Waals surface area contributed by atoms with Crippen molar-refractivity contribution in [2.24, 2.45) is 0 Å². The molecule has 2 heteroatoms. The van der Waals surface area contributed by atoms with Gasteiger partial charge in [-0.25, -0.2) is 0 Å². The number of hydrogen-bond acceptors (Lipinski definition) is 2. The molecule has 0 aliphatic heterocycles. The number of ketones is 1. The molecule has 80 valence electrons. The normalized spacial score (nSPS) is 22.2. The Labute approximate surface area is 86.3 Å². The first-order valence-corrected chi connectivity index (χ1v) is 5.58. The molecule has 0 aromatic heterocycles. The minimum absolute atomic E-state index is 0.167. The number of carbonyl (C=O) groups excluding carboxylic acids is 1. The van der Waals surface area contributed by atoms with Crippen LogP contribution in [0.1, 0.15) is 52.4 Å². The van der Waals surface area contributed by atoms with E-state index in [-0.39, 0.29) is 11.9 Å². The van der Waals surface area contributed by atoms with Crippen molar-refractivity contribution >= 4 is 5.78 Å². The third-order valence-electron chi connectivity index (χ3n) is 2.44. The van der Waals surface area contributed by atoms with E-state index in [9.17, 15) is 4.79 Å². The fraction of sp³-hybridized carbons (Fsp3) is 0.750. The van der Waals surface area contributed by atoms with Crippen molar-refractivity contribution in [1.29, 1.82) is 0 Å². The molecule has 0 atom stereocenters. The molecule has 0 heterocycles. The van der Waals surface area contributed by atoms with Gasteiger partial charge in [0.25, 0.3) is 0 Å². The van der Waals surface area contributed by atoms with E-state index >= 15 is 0 Å². The van der Waals surface area contributed by atoms with Crippen LogP contribution in [0, 0.1) is 0 Å². The molecule has 0 spiro atoms. The number of hydrogen-bond donors (Lipinski definition) is 0. The summed E-state index contributed by atoms with van der Waals surface area (Å²) < 4.78 is 5.37. The van der Waals surface area contributed by atoms with E-state index in [0.717, 1.165) is 24.8 Å². The van der Waals surface area contributed by atoms with E-state index in [2.05, 4.69) is 0 Å². The van der Waals surface area contributed by atoms with Crippen LogP contribution < -0.4 is 0 Å². The first kappa shape index (κ1) is 11.3. The van der Waals surface area contributed by atoms with Crippen LogP contribution in [0.25, 0.3) is 0 Å². The lowest BCUT2D eigenvalue weighted by atomic mass is 9.96. The smallest absolute Gasteiger partial charge is 0.161 e. The molecule has 0 aromatic carbocycles. The zero-order chi connectivity index (χ0) is 10.4. The summed E-state index contributed by atoms with van der Waals surface area (Å²) in [5.41, 5.74) is 0.887. The van der Waals surface area contributed by atoms with Gasteiger partial charge in [-0.15, -0.1) is 0 Å². The van der Waals surface area contributed by atoms with E-state index in [4.69, 9.17) is 4.74 Å². The van der Waals surface area contributed by atoms with Crippen LogP contribution in [0.15, 0.2) is 11.8 Å². The maximum Gasteiger partial charge on any atom is 0.161 e. The van der Waals surface area contributed by atoms with Crippen molar-refractivity contribution < 1.29 is 9.53 Å². The zero-order valence-electron chi connectivity index (χ0n) is 9.21. The third kappa shape index (κ3) is 3.95. The Bertz CT molecular complexity index is 216. The Morgan fingerprint density at radius 1 is 1.14 bits per heavy atom. The average molecular weight is 196 g/mol. The quantitative estimate of drug-likeness (QED) is 0.500. The Balaban J connectivity index is 2.52. The number of ether oxygens (including phenoxy) is 1. The van der Waals surface area contributed by atoms with E-state index in [0.29, 0.717) is 6.42 Å². The van der Waals surface area contributed by atoms with Crippen LogP contribution in [0.2, 0.25) is 0 Å². The van der Waals surface area contributed by atoms with Crippen LogP contribution in [0.5, 0.6) is 0 Å². The molecule has 1 aliphatic rings. The van der Waals surface area contributed by atoms with Gasteiger partial charge in [0, 0.05) is 12.0 Å². The zero-order valence-corrected chi connectivity index (χ0v) is 9.21. The molecule has 0 amide bonds. The van der Waals surface area contributed by atoms with E-state index in [1.165, 1.54) is 12.8 Å². The van der Waals surface area contributed by atoms with Crippen molar-refractivity contribution in [2.75, 3.05) is 0 Å². The van der Waals surface area contributed by atoms with Crippen LogP contribution in [-0.2, 0) is 9.53 Å². The predicted octanol–water partition coefficient (Wildman–Crippen LogP) is 3.22. The molecule has 0 aromatic rings. The molecular weight excluding hydrogens is 176 g/mol. The van der Waals surface area contributed by atoms with Gasteiger partial charge in [0.2, 0.25) is 0 Å². The third-order valence-corrected chi connectivity index (χ3v) is 2.44. The van der Waals surface area contributed by atoms with E-state index in [1.54, 1.807) is 6.26 Å². The Kier molecular flexibility index (Phi) is 4.71. The lowest BCUT2D eigenvalue weighted by Crippen LogP contribution is -2.07. The summed E-state index contributed by atoms with van der Waals surface area (Å²) in [6.07, 6.45) is 8.05. The number of carbonyl (C=O) groups is 1. The minimum atomic E-state index is 0.167. The molecular formula is C12H20O2. The standard InChI is InChI=1S/C12H20O2/c1-10(2)14-9-11-7-5-3-4-6-8-12(11)13/h9-10H,3-8H2,1-2H3/b11-9-. The molecule has 1 saturated carbocycles. The maximum atomic E-state index is 11.6. The van der Waals surface area contributed by atoms with Gasteiger partial charge in [0.15, 0.2) is 5.78 Å². The van der Waals surface area contributed by atoms with Gasteiger partial charge in [-0.1, -0.05) is 12.8 Å². The van der Waals surface area contributed by atoms with Gasteiger partial charge in [-0.05, 0) is 33.1 Å². The molecule has 0 unspecified atom stereocenters. The lowest BCUT2D eigenvalue weighted by Gasteiger charge is -2.12. The molecule has 1 aliphatic carbocycles. The molecule has 0 radical (unpaired) electrons. The van der Waals surface area contributed by atoms with Crippen molar-refractivity contribution in [3.8, 4) is 0 Å². The predicted molar refractivity (Wildman–Crippen MR) is 57.0 cm³/mol. The van der Waals surface area contributed by atoms with Crippen molar-refractivity contribution in [1.82, 2.24) is 0 Å². The second-order valence-corrected chi connectivity index (χ2v) is 4.17. The first-order valence-electron chi connectivity index (χ1n) is 5.58. The summed E-state index contributed by atoms with van der Waals surface area (Å²) in [4.78, 5) is 11.6. The number of allylic oxidation sites excluding steroid dienone is 1. The minimum Gasteiger partial charge on any atom is -0.498 e. The molecule has 2 nitrogen and oxygen atoms in total. The second-order valence-electron chi connectivity index (χ2n) is 4.17. The topological polar surface area (TPSA) is 26.3 Å². The number of Topliss-reactive ketones (excluding diaryl/α,β-unsaturated/α-hetero) is 1. The molecule has 1 fully saturated rings. The largest absolute Gasteiger partial charge is 0.498 e. The fourth-order valence-electron chi connectivity index (χ4n) is 1.60. The van der Waals surface area contributed by atoms with Gasteiger partial charge in [0.1, 0.15) is 0 Å². The van der Waals surface area contributed by atoms with Gasteiger partial charge in [0.05, 0.1) is 12.4 Å². The molecule has 0 bridgehead atoms. The van der Waals surface area contributed by atoms with Crippen molar-refractivity contribution in [3.05, 3.63) is 11.8 Å². The van der Waals surface area contributed by atoms with Crippen LogP contribution in [0.3, 0.4) is 0 Å². The summed E-state index contributed by atoms with van der Waals surface area (Å²) in [5.74, 6) is 0.283. The van der Waals surface area contributed by atoms with Gasteiger partial charge in [-0.2, -0.15) is 0 Å². The molecule has 14 heavy (non-hydrogen) atoms. The highest BCUT2D eigenvalue weighted by molar-refractivity contribution is 5.95. The molecule has 1 rings (SSSR count). The van der Waals surface area contributed by atoms with Gasteiger partial charge in [-0.3, -0.25) is 4.79 Å². The molecule has 0 N–H and O–H groups in total. The van der Waals surface area contributed by atoms with Crippen LogP contribution in [-0.4, -0.2) is 11.9 Å². The summed E-state index contributed by atoms with van der Waals surface area (Å²) in [7, 11) is 0. The SMILES string of the molecule is CC(C)O/C=C1/CCCCCCC1=O. The lowest BCUT2D eigenvalue weighted by molar-refractivity contribution is -0.116. The Morgan fingerprint density at radius 2 is 1.79 bits per heavy atom. The van der Waals surface area contributed by atoms with E-state index < -0.39 is 0 Å². The summed E-state index contributed by atoms with van der Waals surface area (Å²) in [6, 6.07) is 0. The fourth-order valence-corrected chi connectivity index (χ4v) is 1.60. The van der Waals surface area contributed by atoms with Crippen LogP contribution in [0.4, 0.5) is 0 Å². The second kappa shape index (κ2) is 5.84. The molecule has 0 saturated heterocycles. The summed E-state index contributed by atoms with van der Waals surface area (Å²) in [5, 5.41) is 0. The Morgan fingerprint density at radius 3 is 2.43 bits per heavy atom. The summed E-state index contributed by atoms with van der Waals surface area (Å²) >= 11 is 0. The highest BCUT2D eigenvalue weighted by Gasteiger charge is 2.12. The van der Waals surface area contributed by atoms with Gasteiger partial charge >= 0.3 is 0 Å². The average Bonchev–Trinajstić information content (AvgIpc) is 2.10. The van der Waals surface area contributed by atoms with Crippen LogP contribution >= 0.6 is 0 Å². The summed E-state index contributed by atoms with van der Waals surface area (Å²) in [6.45, 7) is 3.95. The highest BCUT2D eigenvalue weighted by Crippen LogP contribution is 2.19. The number of rotatable bonds is 2. The first-order chi connectivity index (χ1) is 6.70. The van der Waals surface area contributed by atoms with Crippen molar-refractivity contribution in [3.63, 3.8) is 0 Å². The van der Waals surface area contributed by atoms with Crippen molar-refractivity contribution in [2.45, 2.75) is 58.5 Å². The highest BCUT2D eigenvalue weighted by atomic mass is 16.5. The Hall–Kier alpha value is -0.790. The monoisotopic (exact) mass is 196 g/mol. The van der Waals surface area contributed by atoms with Gasteiger partial charge < -0.3 is 4.74 Å². The van der Waals surface area contributed by atoms with E-state index in [1.807, 2.05) is 13.8 Å².